The normalized spacial score (nSPS) is 11.9. The maximum absolute atomic E-state index is 5.27. The van der Waals surface area contributed by atoms with E-state index in [2.05, 4.69) is 215 Å². The van der Waals surface area contributed by atoms with E-state index >= 15 is 0 Å². The average molecular weight is 841 g/mol. The standard InChI is InChI=1S/C60H36N6/c1-3-13-39(14-4-1)52-36-53(40-15-5-2-6-16-40)62-58(61-52)45-34-43(37-25-29-41(30-26-37)59-63-50-21-11-19-48-46-17-7-9-23-54(46)65(59)56(48)50)33-44(35-45)38-27-31-42(32-28-38)60-64-51-22-12-20-49-47-18-8-10-24-55(47)66(60)57(49)51/h1-36H. The molecule has 0 amide bonds. The number of rotatable bonds is 7. The molecule has 6 heteroatoms. The van der Waals surface area contributed by atoms with Crippen molar-refractivity contribution in [1.82, 2.24) is 28.7 Å². The first-order chi connectivity index (χ1) is 32.7. The molecule has 0 atom stereocenters. The Hall–Kier alpha value is -9.00. The zero-order valence-corrected chi connectivity index (χ0v) is 35.5. The van der Waals surface area contributed by atoms with Crippen molar-refractivity contribution >= 4 is 54.6 Å². The van der Waals surface area contributed by atoms with E-state index in [1.165, 1.54) is 21.5 Å². The molecule has 14 aromatic rings. The van der Waals surface area contributed by atoms with Crippen molar-refractivity contribution in [1.29, 1.82) is 0 Å². The van der Waals surface area contributed by atoms with E-state index in [0.717, 1.165) is 106 Å². The van der Waals surface area contributed by atoms with E-state index in [-0.39, 0.29) is 0 Å². The number of fused-ring (bicyclic) bond motifs is 6. The average Bonchev–Trinajstić information content (AvgIpc) is 4.16. The first kappa shape index (κ1) is 36.5. The van der Waals surface area contributed by atoms with Gasteiger partial charge >= 0.3 is 0 Å². The van der Waals surface area contributed by atoms with Crippen LogP contribution in [0, 0.1) is 0 Å². The van der Waals surface area contributed by atoms with Crippen molar-refractivity contribution in [2.45, 2.75) is 0 Å². The third-order valence-corrected chi connectivity index (χ3v) is 13.2. The van der Waals surface area contributed by atoms with Gasteiger partial charge in [0.1, 0.15) is 11.6 Å². The summed E-state index contributed by atoms with van der Waals surface area (Å²) in [5, 5.41) is 4.92. The number of imidazole rings is 2. The largest absolute Gasteiger partial charge is 0.291 e. The van der Waals surface area contributed by atoms with Gasteiger partial charge in [0.2, 0.25) is 0 Å². The van der Waals surface area contributed by atoms with E-state index in [4.69, 9.17) is 19.9 Å². The van der Waals surface area contributed by atoms with Crippen LogP contribution in [0.15, 0.2) is 218 Å². The molecule has 306 valence electrons. The molecular formula is C60H36N6. The molecule has 66 heavy (non-hydrogen) atoms. The quantitative estimate of drug-likeness (QED) is 0.160. The summed E-state index contributed by atoms with van der Waals surface area (Å²) in [4.78, 5) is 20.9. The van der Waals surface area contributed by atoms with Gasteiger partial charge in [-0.2, -0.15) is 0 Å². The second-order valence-corrected chi connectivity index (χ2v) is 17.1. The number of aromatic nitrogens is 6. The van der Waals surface area contributed by atoms with Gasteiger partial charge < -0.3 is 0 Å². The summed E-state index contributed by atoms with van der Waals surface area (Å²) < 4.78 is 4.63. The van der Waals surface area contributed by atoms with Crippen molar-refractivity contribution in [2.75, 3.05) is 0 Å². The molecule has 9 aromatic carbocycles. The Morgan fingerprint density at radius 3 is 1.12 bits per heavy atom. The first-order valence-corrected chi connectivity index (χ1v) is 22.3. The van der Waals surface area contributed by atoms with Gasteiger partial charge in [0, 0.05) is 49.4 Å². The zero-order valence-electron chi connectivity index (χ0n) is 35.5. The summed E-state index contributed by atoms with van der Waals surface area (Å²) in [6.07, 6.45) is 0. The van der Waals surface area contributed by atoms with Gasteiger partial charge in [0.25, 0.3) is 0 Å². The Balaban J connectivity index is 0.923. The second kappa shape index (κ2) is 14.3. The van der Waals surface area contributed by atoms with Gasteiger partial charge in [-0.15, -0.1) is 0 Å². The Labute approximate surface area is 379 Å². The molecule has 0 unspecified atom stereocenters. The molecule has 0 N–H and O–H groups in total. The predicted molar refractivity (Wildman–Crippen MR) is 270 cm³/mol. The molecule has 0 bridgehead atoms. The third kappa shape index (κ3) is 5.62. The number of para-hydroxylation sites is 4. The Morgan fingerprint density at radius 2 is 0.652 bits per heavy atom. The highest BCUT2D eigenvalue weighted by Gasteiger charge is 2.21. The number of benzene rings is 9. The molecule has 5 aromatic heterocycles. The molecule has 0 aliphatic carbocycles. The van der Waals surface area contributed by atoms with Crippen LogP contribution < -0.4 is 0 Å². The van der Waals surface area contributed by atoms with Gasteiger partial charge in [0.15, 0.2) is 5.82 Å². The first-order valence-electron chi connectivity index (χ1n) is 22.3. The Kier molecular flexibility index (Phi) is 7.88. The van der Waals surface area contributed by atoms with Crippen LogP contribution in [0.25, 0.3) is 134 Å². The Bertz CT molecular complexity index is 3870. The highest BCUT2D eigenvalue weighted by Crippen LogP contribution is 2.40. The van der Waals surface area contributed by atoms with E-state index in [9.17, 15) is 0 Å². The molecule has 0 aliphatic heterocycles. The molecule has 0 saturated heterocycles. The summed E-state index contributed by atoms with van der Waals surface area (Å²) >= 11 is 0. The fourth-order valence-corrected chi connectivity index (χ4v) is 10.1. The minimum absolute atomic E-state index is 0.662. The molecule has 0 radical (unpaired) electrons. The molecule has 0 saturated carbocycles. The Morgan fingerprint density at radius 1 is 0.258 bits per heavy atom. The van der Waals surface area contributed by atoms with Crippen LogP contribution in [0.2, 0.25) is 0 Å². The van der Waals surface area contributed by atoms with Crippen molar-refractivity contribution in [3.63, 3.8) is 0 Å². The van der Waals surface area contributed by atoms with Crippen LogP contribution in [0.5, 0.6) is 0 Å². The van der Waals surface area contributed by atoms with Gasteiger partial charge in [0.05, 0.1) is 44.5 Å². The lowest BCUT2D eigenvalue weighted by Gasteiger charge is -2.13. The van der Waals surface area contributed by atoms with Crippen molar-refractivity contribution in [3.05, 3.63) is 218 Å². The fraction of sp³-hybridized carbons (Fsp3) is 0. The summed E-state index contributed by atoms with van der Waals surface area (Å²) in [5.74, 6) is 2.54. The lowest BCUT2D eigenvalue weighted by atomic mass is 9.94. The predicted octanol–water partition coefficient (Wildman–Crippen LogP) is 14.9. The second-order valence-electron chi connectivity index (χ2n) is 17.1. The van der Waals surface area contributed by atoms with Crippen LogP contribution in [-0.4, -0.2) is 28.7 Å². The lowest BCUT2D eigenvalue weighted by molar-refractivity contribution is 1.18. The molecule has 14 rings (SSSR count). The minimum Gasteiger partial charge on any atom is -0.291 e. The van der Waals surface area contributed by atoms with Crippen molar-refractivity contribution < 1.29 is 0 Å². The van der Waals surface area contributed by atoms with E-state index < -0.39 is 0 Å². The van der Waals surface area contributed by atoms with Crippen molar-refractivity contribution in [2.24, 2.45) is 0 Å². The van der Waals surface area contributed by atoms with E-state index in [1.807, 2.05) is 12.1 Å². The summed E-state index contributed by atoms with van der Waals surface area (Å²) in [6, 6.07) is 77.2. The van der Waals surface area contributed by atoms with E-state index in [0.29, 0.717) is 5.82 Å². The fourth-order valence-electron chi connectivity index (χ4n) is 10.1. The van der Waals surface area contributed by atoms with Crippen LogP contribution in [0.3, 0.4) is 0 Å². The highest BCUT2D eigenvalue weighted by molar-refractivity contribution is 6.15. The van der Waals surface area contributed by atoms with Gasteiger partial charge in [-0.05, 0) is 70.8 Å². The molecule has 5 heterocycles. The van der Waals surface area contributed by atoms with Crippen molar-refractivity contribution in [3.8, 4) is 78.9 Å². The molecule has 0 spiro atoms. The van der Waals surface area contributed by atoms with Crippen LogP contribution in [-0.2, 0) is 0 Å². The van der Waals surface area contributed by atoms with Gasteiger partial charge in [-0.3, -0.25) is 8.80 Å². The van der Waals surface area contributed by atoms with Gasteiger partial charge in [-0.1, -0.05) is 170 Å². The van der Waals surface area contributed by atoms with Crippen LogP contribution >= 0.6 is 0 Å². The zero-order chi connectivity index (χ0) is 43.3. The van der Waals surface area contributed by atoms with E-state index in [1.54, 1.807) is 0 Å². The van der Waals surface area contributed by atoms with Gasteiger partial charge in [-0.25, -0.2) is 19.9 Å². The summed E-state index contributed by atoms with van der Waals surface area (Å²) in [6.45, 7) is 0. The molecule has 0 aliphatic rings. The van der Waals surface area contributed by atoms with Crippen LogP contribution in [0.1, 0.15) is 0 Å². The van der Waals surface area contributed by atoms with Crippen LogP contribution in [0.4, 0.5) is 0 Å². The molecule has 0 fully saturated rings. The summed E-state index contributed by atoms with van der Waals surface area (Å²) in [5.41, 5.74) is 17.8. The summed E-state index contributed by atoms with van der Waals surface area (Å²) in [7, 11) is 0. The third-order valence-electron chi connectivity index (χ3n) is 13.2. The maximum atomic E-state index is 5.27. The smallest absolute Gasteiger partial charge is 0.160 e. The maximum Gasteiger partial charge on any atom is 0.160 e. The topological polar surface area (TPSA) is 60.4 Å². The molecule has 6 nitrogen and oxygen atoms in total. The monoisotopic (exact) mass is 840 g/mol. The number of hydrogen-bond acceptors (Lipinski definition) is 4. The minimum atomic E-state index is 0.662. The number of nitrogens with zero attached hydrogens (tertiary/aromatic N) is 6. The lowest BCUT2D eigenvalue weighted by Crippen LogP contribution is -1.97. The number of hydrogen-bond donors (Lipinski definition) is 0. The molecular weight excluding hydrogens is 805 g/mol. The highest BCUT2D eigenvalue weighted by atomic mass is 15.0. The SMILES string of the molecule is c1ccc(-c2cc(-c3ccccc3)nc(-c3cc(-c4ccc(-c5nc6cccc7c8ccccc8n5c67)cc4)cc(-c4ccc(-c5nc6cccc7c8ccccc8n5c67)cc4)c3)n2)cc1.